The highest BCUT2D eigenvalue weighted by Crippen LogP contribution is 2.19. The fraction of sp³-hybridized carbons (Fsp3) is 0.533. The minimum absolute atomic E-state index is 0.163. The van der Waals surface area contributed by atoms with Crippen molar-refractivity contribution < 1.29 is 18.3 Å². The third kappa shape index (κ3) is 4.43. The summed E-state index contributed by atoms with van der Waals surface area (Å²) in [4.78, 5) is 12.1. The first-order valence-electron chi connectivity index (χ1n) is 7.59. The van der Waals surface area contributed by atoms with Crippen LogP contribution in [0.3, 0.4) is 0 Å². The number of amides is 2. The summed E-state index contributed by atoms with van der Waals surface area (Å²) in [6, 6.07) is 5.32. The Labute approximate surface area is 136 Å². The summed E-state index contributed by atoms with van der Waals surface area (Å²) in [5, 5.41) is 15.2. The van der Waals surface area contributed by atoms with Gasteiger partial charge in [0.05, 0.1) is 17.0 Å². The van der Waals surface area contributed by atoms with Gasteiger partial charge in [0.1, 0.15) is 0 Å². The number of rotatable bonds is 4. The van der Waals surface area contributed by atoms with Gasteiger partial charge in [-0.05, 0) is 37.1 Å². The Morgan fingerprint density at radius 3 is 2.35 bits per heavy atom. The van der Waals surface area contributed by atoms with E-state index < -0.39 is 22.2 Å². The van der Waals surface area contributed by atoms with Gasteiger partial charge in [-0.15, -0.1) is 0 Å². The number of benzene rings is 1. The van der Waals surface area contributed by atoms with Crippen LogP contribution in [0.4, 0.5) is 10.5 Å². The molecule has 0 bridgehead atoms. The number of anilines is 1. The van der Waals surface area contributed by atoms with Gasteiger partial charge in [-0.2, -0.15) is 0 Å². The van der Waals surface area contributed by atoms with E-state index >= 15 is 0 Å². The van der Waals surface area contributed by atoms with Crippen molar-refractivity contribution in [3.05, 3.63) is 24.3 Å². The molecule has 23 heavy (non-hydrogen) atoms. The van der Waals surface area contributed by atoms with E-state index in [0.29, 0.717) is 12.1 Å². The molecule has 0 aromatic heterocycles. The van der Waals surface area contributed by atoms with E-state index in [0.717, 1.165) is 23.6 Å². The summed E-state index contributed by atoms with van der Waals surface area (Å²) in [6.45, 7) is 0. The van der Waals surface area contributed by atoms with Gasteiger partial charge < -0.3 is 15.7 Å². The molecule has 1 aromatic carbocycles. The number of urea groups is 1. The van der Waals surface area contributed by atoms with Crippen LogP contribution in [-0.2, 0) is 10.0 Å². The molecule has 2 atom stereocenters. The van der Waals surface area contributed by atoms with E-state index in [1.807, 2.05) is 0 Å². The van der Waals surface area contributed by atoms with Gasteiger partial charge in [-0.25, -0.2) is 17.5 Å². The molecule has 7 nitrogen and oxygen atoms in total. The quantitative estimate of drug-likeness (QED) is 0.770. The van der Waals surface area contributed by atoms with Crippen LogP contribution in [0.25, 0.3) is 0 Å². The molecule has 2 rings (SSSR count). The second-order valence-corrected chi connectivity index (χ2v) is 8.02. The lowest BCUT2D eigenvalue weighted by Crippen LogP contribution is -2.46. The standard InChI is InChI=1S/C15H23N3O4S/c1-18(2)23(21,22)12-9-7-11(8-10-12)16-15(20)17-13-5-3-4-6-14(13)19/h7-10,13-14,19H,3-6H2,1-2H3,(H2,16,17,20)/t13-,14+/m0/s1. The first-order valence-corrected chi connectivity index (χ1v) is 9.03. The lowest BCUT2D eigenvalue weighted by atomic mass is 9.93. The number of nitrogens with zero attached hydrogens (tertiary/aromatic N) is 1. The number of sulfonamides is 1. The zero-order valence-electron chi connectivity index (χ0n) is 13.3. The number of hydrogen-bond acceptors (Lipinski definition) is 4. The van der Waals surface area contributed by atoms with Gasteiger partial charge in [-0.1, -0.05) is 12.8 Å². The molecular weight excluding hydrogens is 318 g/mol. The first kappa shape index (κ1) is 17.7. The van der Waals surface area contributed by atoms with E-state index in [2.05, 4.69) is 10.6 Å². The normalized spacial score (nSPS) is 21.9. The fourth-order valence-electron chi connectivity index (χ4n) is 2.54. The number of aliphatic hydroxyl groups is 1. The third-order valence-electron chi connectivity index (χ3n) is 3.94. The second kappa shape index (κ2) is 7.29. The van der Waals surface area contributed by atoms with Crippen molar-refractivity contribution in [2.75, 3.05) is 19.4 Å². The Morgan fingerprint density at radius 2 is 1.78 bits per heavy atom. The molecule has 0 unspecified atom stereocenters. The van der Waals surface area contributed by atoms with Crippen LogP contribution in [0.2, 0.25) is 0 Å². The molecule has 2 amide bonds. The molecule has 1 aliphatic carbocycles. The van der Waals surface area contributed by atoms with E-state index in [1.165, 1.54) is 38.4 Å². The highest BCUT2D eigenvalue weighted by Gasteiger charge is 2.24. The van der Waals surface area contributed by atoms with Crippen LogP contribution >= 0.6 is 0 Å². The highest BCUT2D eigenvalue weighted by molar-refractivity contribution is 7.89. The van der Waals surface area contributed by atoms with Crippen LogP contribution < -0.4 is 10.6 Å². The molecule has 1 aliphatic rings. The summed E-state index contributed by atoms with van der Waals surface area (Å²) in [5.74, 6) is 0. The molecular formula is C15H23N3O4S. The average molecular weight is 341 g/mol. The van der Waals surface area contributed by atoms with Crippen LogP contribution in [-0.4, -0.2) is 50.1 Å². The van der Waals surface area contributed by atoms with Gasteiger partial charge in [0, 0.05) is 19.8 Å². The Bertz CT molecular complexity index is 643. The van der Waals surface area contributed by atoms with Crippen molar-refractivity contribution in [1.82, 2.24) is 9.62 Å². The molecule has 0 radical (unpaired) electrons. The predicted octanol–water partition coefficient (Wildman–Crippen LogP) is 1.36. The molecule has 0 heterocycles. The van der Waals surface area contributed by atoms with E-state index in [9.17, 15) is 18.3 Å². The van der Waals surface area contributed by atoms with Gasteiger partial charge in [0.15, 0.2) is 0 Å². The Hall–Kier alpha value is -1.64. The summed E-state index contributed by atoms with van der Waals surface area (Å²) < 4.78 is 25.1. The predicted molar refractivity (Wildman–Crippen MR) is 87.7 cm³/mol. The molecule has 8 heteroatoms. The summed E-state index contributed by atoms with van der Waals surface area (Å²) in [6.07, 6.45) is 2.90. The zero-order chi connectivity index (χ0) is 17.0. The van der Waals surface area contributed by atoms with Gasteiger partial charge in [-0.3, -0.25) is 0 Å². The number of carbonyl (C=O) groups excluding carboxylic acids is 1. The second-order valence-electron chi connectivity index (χ2n) is 5.87. The summed E-state index contributed by atoms with van der Waals surface area (Å²) >= 11 is 0. The van der Waals surface area contributed by atoms with Crippen molar-refractivity contribution in [3.8, 4) is 0 Å². The maximum atomic E-state index is 12.0. The van der Waals surface area contributed by atoms with E-state index in [4.69, 9.17) is 0 Å². The Balaban J connectivity index is 1.97. The summed E-state index contributed by atoms with van der Waals surface area (Å²) in [7, 11) is -0.555. The minimum Gasteiger partial charge on any atom is -0.391 e. The molecule has 1 fully saturated rings. The van der Waals surface area contributed by atoms with Crippen molar-refractivity contribution in [1.29, 1.82) is 0 Å². The summed E-state index contributed by atoms with van der Waals surface area (Å²) in [5.41, 5.74) is 0.491. The number of aliphatic hydroxyl groups excluding tert-OH is 1. The molecule has 1 saturated carbocycles. The largest absolute Gasteiger partial charge is 0.391 e. The van der Waals surface area contributed by atoms with Gasteiger partial charge >= 0.3 is 6.03 Å². The number of carbonyl (C=O) groups is 1. The number of hydrogen-bond donors (Lipinski definition) is 3. The van der Waals surface area contributed by atoms with E-state index in [1.54, 1.807) is 0 Å². The van der Waals surface area contributed by atoms with Crippen LogP contribution in [0.15, 0.2) is 29.2 Å². The van der Waals surface area contributed by atoms with Crippen LogP contribution in [0.5, 0.6) is 0 Å². The van der Waals surface area contributed by atoms with Gasteiger partial charge in [0.25, 0.3) is 0 Å². The average Bonchev–Trinajstić information content (AvgIpc) is 2.50. The van der Waals surface area contributed by atoms with Crippen LogP contribution in [0.1, 0.15) is 25.7 Å². The third-order valence-corrected chi connectivity index (χ3v) is 5.77. The minimum atomic E-state index is -3.48. The fourth-order valence-corrected chi connectivity index (χ4v) is 3.44. The smallest absolute Gasteiger partial charge is 0.319 e. The van der Waals surface area contributed by atoms with Crippen LogP contribution in [0, 0.1) is 0 Å². The number of nitrogens with one attached hydrogen (secondary N) is 2. The molecule has 0 aliphatic heterocycles. The molecule has 0 spiro atoms. The SMILES string of the molecule is CN(C)S(=O)(=O)c1ccc(NC(=O)N[C@H]2CCCC[C@H]2O)cc1. The van der Waals surface area contributed by atoms with E-state index in [-0.39, 0.29) is 10.9 Å². The maximum absolute atomic E-state index is 12.0. The van der Waals surface area contributed by atoms with Crippen molar-refractivity contribution in [2.45, 2.75) is 42.7 Å². The lowest BCUT2D eigenvalue weighted by molar-refractivity contribution is 0.0955. The molecule has 0 saturated heterocycles. The Kier molecular flexibility index (Phi) is 5.61. The molecule has 1 aromatic rings. The first-order chi connectivity index (χ1) is 10.8. The maximum Gasteiger partial charge on any atom is 0.319 e. The lowest BCUT2D eigenvalue weighted by Gasteiger charge is -2.28. The van der Waals surface area contributed by atoms with Gasteiger partial charge in [0.2, 0.25) is 10.0 Å². The topological polar surface area (TPSA) is 98.7 Å². The monoisotopic (exact) mass is 341 g/mol. The molecule has 3 N–H and O–H groups in total. The van der Waals surface area contributed by atoms with Crippen molar-refractivity contribution >= 4 is 21.7 Å². The van der Waals surface area contributed by atoms with Crippen molar-refractivity contribution in [2.24, 2.45) is 0 Å². The Morgan fingerprint density at radius 1 is 1.17 bits per heavy atom. The van der Waals surface area contributed by atoms with Crippen molar-refractivity contribution in [3.63, 3.8) is 0 Å². The highest BCUT2D eigenvalue weighted by atomic mass is 32.2. The molecule has 128 valence electrons. The zero-order valence-corrected chi connectivity index (χ0v) is 14.1.